The molecule has 0 radical (unpaired) electrons. The van der Waals surface area contributed by atoms with Crippen LogP contribution in [0.4, 0.5) is 5.69 Å². The van der Waals surface area contributed by atoms with Crippen molar-refractivity contribution in [2.45, 2.75) is 12.8 Å². The summed E-state index contributed by atoms with van der Waals surface area (Å²) in [5, 5.41) is 3.49. The average Bonchev–Trinajstić information content (AvgIpc) is 2.19. The molecule has 0 saturated carbocycles. The Morgan fingerprint density at radius 2 is 2.33 bits per heavy atom. The van der Waals surface area contributed by atoms with Crippen molar-refractivity contribution in [1.29, 1.82) is 0 Å². The van der Waals surface area contributed by atoms with Crippen molar-refractivity contribution in [1.82, 2.24) is 0 Å². The molecular formula is C11H11ClINO. The average molecular weight is 336 g/mol. The van der Waals surface area contributed by atoms with Crippen molar-refractivity contribution in [2.75, 3.05) is 5.32 Å². The van der Waals surface area contributed by atoms with Crippen LogP contribution in [0.2, 0.25) is 5.02 Å². The van der Waals surface area contributed by atoms with Gasteiger partial charge in [-0.05, 0) is 47.2 Å². The van der Waals surface area contributed by atoms with Crippen LogP contribution in [0, 0.1) is 3.57 Å². The number of hydrogen-bond acceptors (Lipinski definition) is 1. The van der Waals surface area contributed by atoms with Gasteiger partial charge in [0.05, 0.1) is 5.69 Å². The highest BCUT2D eigenvalue weighted by Gasteiger charge is 2.04. The monoisotopic (exact) mass is 335 g/mol. The first-order chi connectivity index (χ1) is 7.13. The molecule has 0 aliphatic heterocycles. The summed E-state index contributed by atoms with van der Waals surface area (Å²) in [6, 6.07) is 5.37. The normalized spacial score (nSPS) is 9.73. The molecule has 1 rings (SSSR count). The summed E-state index contributed by atoms with van der Waals surface area (Å²) >= 11 is 7.94. The van der Waals surface area contributed by atoms with E-state index >= 15 is 0 Å². The second-order valence-corrected chi connectivity index (χ2v) is 4.60. The maximum atomic E-state index is 11.4. The number of carbonyl (C=O) groups is 1. The minimum Gasteiger partial charge on any atom is -0.325 e. The van der Waals surface area contributed by atoms with Gasteiger partial charge in [-0.15, -0.1) is 6.58 Å². The van der Waals surface area contributed by atoms with Crippen molar-refractivity contribution >= 4 is 45.8 Å². The molecule has 0 aliphatic rings. The smallest absolute Gasteiger partial charge is 0.224 e. The van der Waals surface area contributed by atoms with Gasteiger partial charge in [-0.3, -0.25) is 4.79 Å². The van der Waals surface area contributed by atoms with Crippen molar-refractivity contribution in [2.24, 2.45) is 0 Å². The summed E-state index contributed by atoms with van der Waals surface area (Å²) < 4.78 is 0.937. The van der Waals surface area contributed by atoms with Crippen LogP contribution in [0.25, 0.3) is 0 Å². The van der Waals surface area contributed by atoms with Crippen LogP contribution in [0.3, 0.4) is 0 Å². The van der Waals surface area contributed by atoms with Gasteiger partial charge in [0.1, 0.15) is 0 Å². The first-order valence-electron chi connectivity index (χ1n) is 4.49. The molecule has 15 heavy (non-hydrogen) atoms. The van der Waals surface area contributed by atoms with E-state index in [9.17, 15) is 4.79 Å². The van der Waals surface area contributed by atoms with Crippen LogP contribution in [0.1, 0.15) is 12.8 Å². The summed E-state index contributed by atoms with van der Waals surface area (Å²) in [7, 11) is 0. The maximum absolute atomic E-state index is 11.4. The Bertz CT molecular complexity index is 379. The second-order valence-electron chi connectivity index (χ2n) is 3.00. The Morgan fingerprint density at radius 3 is 2.93 bits per heavy atom. The van der Waals surface area contributed by atoms with Crippen LogP contribution in [-0.2, 0) is 4.79 Å². The van der Waals surface area contributed by atoms with E-state index in [1.165, 1.54) is 0 Å². The van der Waals surface area contributed by atoms with E-state index in [-0.39, 0.29) is 5.91 Å². The number of anilines is 1. The van der Waals surface area contributed by atoms with Crippen molar-refractivity contribution in [3.8, 4) is 0 Å². The quantitative estimate of drug-likeness (QED) is 0.657. The molecule has 1 aromatic carbocycles. The fraction of sp³-hybridized carbons (Fsp3) is 0.182. The molecule has 0 saturated heterocycles. The number of hydrogen-bond donors (Lipinski definition) is 1. The molecule has 2 nitrogen and oxygen atoms in total. The fourth-order valence-corrected chi connectivity index (χ4v) is 2.04. The van der Waals surface area contributed by atoms with Crippen molar-refractivity contribution in [3.63, 3.8) is 0 Å². The number of halogens is 2. The van der Waals surface area contributed by atoms with Crippen LogP contribution in [0.5, 0.6) is 0 Å². The van der Waals surface area contributed by atoms with E-state index in [0.29, 0.717) is 17.9 Å². The minimum atomic E-state index is -0.00450. The molecule has 0 aromatic heterocycles. The number of rotatable bonds is 4. The van der Waals surface area contributed by atoms with E-state index in [4.69, 9.17) is 11.6 Å². The molecule has 4 heteroatoms. The van der Waals surface area contributed by atoms with Gasteiger partial charge in [0, 0.05) is 15.0 Å². The lowest BCUT2D eigenvalue weighted by atomic mass is 10.2. The summed E-state index contributed by atoms with van der Waals surface area (Å²) in [4.78, 5) is 11.4. The zero-order valence-electron chi connectivity index (χ0n) is 8.09. The highest BCUT2D eigenvalue weighted by atomic mass is 127. The summed E-state index contributed by atoms with van der Waals surface area (Å²) in [5.41, 5.74) is 0.800. The van der Waals surface area contributed by atoms with Gasteiger partial charge >= 0.3 is 0 Å². The highest BCUT2D eigenvalue weighted by molar-refractivity contribution is 14.1. The molecule has 0 aliphatic carbocycles. The molecule has 0 bridgehead atoms. The predicted octanol–water partition coefficient (Wildman–Crippen LogP) is 3.85. The Morgan fingerprint density at radius 1 is 1.60 bits per heavy atom. The third-order valence-electron chi connectivity index (χ3n) is 1.78. The molecule has 80 valence electrons. The van der Waals surface area contributed by atoms with E-state index < -0.39 is 0 Å². The molecule has 0 spiro atoms. The number of benzene rings is 1. The maximum Gasteiger partial charge on any atom is 0.224 e. The topological polar surface area (TPSA) is 29.1 Å². The zero-order valence-corrected chi connectivity index (χ0v) is 11.0. The summed E-state index contributed by atoms with van der Waals surface area (Å²) in [6.45, 7) is 3.57. The molecule has 0 atom stereocenters. The largest absolute Gasteiger partial charge is 0.325 e. The Labute approximate surface area is 108 Å². The van der Waals surface area contributed by atoms with Gasteiger partial charge in [0.15, 0.2) is 0 Å². The standard InChI is InChI=1S/C11H11ClINO/c1-2-3-4-11(15)14-10-6-5-8(12)7-9(10)13/h2,5-7H,1,3-4H2,(H,14,15). The van der Waals surface area contributed by atoms with Crippen molar-refractivity contribution in [3.05, 3.63) is 39.4 Å². The Kier molecular flexibility index (Phi) is 5.11. The van der Waals surface area contributed by atoms with Crippen LogP contribution >= 0.6 is 34.2 Å². The van der Waals surface area contributed by atoms with E-state index in [1.807, 2.05) is 6.07 Å². The molecule has 1 amide bonds. The molecule has 0 fully saturated rings. The third kappa shape index (κ3) is 4.22. The van der Waals surface area contributed by atoms with Gasteiger partial charge < -0.3 is 5.32 Å². The lowest BCUT2D eigenvalue weighted by molar-refractivity contribution is -0.116. The highest BCUT2D eigenvalue weighted by Crippen LogP contribution is 2.22. The predicted molar refractivity (Wildman–Crippen MR) is 72.2 cm³/mol. The minimum absolute atomic E-state index is 0.00450. The molecule has 1 aromatic rings. The zero-order chi connectivity index (χ0) is 11.3. The van der Waals surface area contributed by atoms with Crippen LogP contribution in [0.15, 0.2) is 30.9 Å². The first-order valence-corrected chi connectivity index (χ1v) is 5.95. The van der Waals surface area contributed by atoms with E-state index in [0.717, 1.165) is 9.26 Å². The Hall–Kier alpha value is -0.550. The Balaban J connectivity index is 2.64. The number of nitrogens with one attached hydrogen (secondary N) is 1. The molecule has 1 N–H and O–H groups in total. The number of allylic oxidation sites excluding steroid dienone is 1. The summed E-state index contributed by atoms with van der Waals surface area (Å²) in [5.74, 6) is -0.00450. The fourth-order valence-electron chi connectivity index (χ4n) is 1.04. The van der Waals surface area contributed by atoms with Gasteiger partial charge in [0.25, 0.3) is 0 Å². The van der Waals surface area contributed by atoms with E-state index in [1.54, 1.807) is 18.2 Å². The van der Waals surface area contributed by atoms with Gasteiger partial charge in [0.2, 0.25) is 5.91 Å². The van der Waals surface area contributed by atoms with E-state index in [2.05, 4.69) is 34.5 Å². The lowest BCUT2D eigenvalue weighted by Gasteiger charge is -2.06. The lowest BCUT2D eigenvalue weighted by Crippen LogP contribution is -2.11. The second kappa shape index (κ2) is 6.12. The third-order valence-corrected chi connectivity index (χ3v) is 2.91. The molecule has 0 heterocycles. The first kappa shape index (κ1) is 12.5. The van der Waals surface area contributed by atoms with Gasteiger partial charge in [-0.1, -0.05) is 17.7 Å². The van der Waals surface area contributed by atoms with Crippen LogP contribution in [-0.4, -0.2) is 5.91 Å². The SMILES string of the molecule is C=CCCC(=O)Nc1ccc(Cl)cc1I. The summed E-state index contributed by atoms with van der Waals surface area (Å²) in [6.07, 6.45) is 2.88. The molecular weight excluding hydrogens is 324 g/mol. The van der Waals surface area contributed by atoms with Crippen LogP contribution < -0.4 is 5.32 Å². The van der Waals surface area contributed by atoms with Gasteiger partial charge in [-0.25, -0.2) is 0 Å². The molecule has 0 unspecified atom stereocenters. The van der Waals surface area contributed by atoms with Crippen molar-refractivity contribution < 1.29 is 4.79 Å². The number of carbonyl (C=O) groups excluding carboxylic acids is 1. The van der Waals surface area contributed by atoms with Gasteiger partial charge in [-0.2, -0.15) is 0 Å². The number of amides is 1.